The second-order valence-electron chi connectivity index (χ2n) is 6.18. The van der Waals surface area contributed by atoms with Gasteiger partial charge in [0.1, 0.15) is 0 Å². The van der Waals surface area contributed by atoms with Crippen molar-refractivity contribution in [3.8, 4) is 17.2 Å². The zero-order valence-electron chi connectivity index (χ0n) is 15.1. The first kappa shape index (κ1) is 19.8. The van der Waals surface area contributed by atoms with Gasteiger partial charge in [-0.25, -0.2) is 5.43 Å². The Morgan fingerprint density at radius 2 is 1.75 bits per heavy atom. The summed E-state index contributed by atoms with van der Waals surface area (Å²) in [5.74, 6) is -1.29. The molecule has 0 saturated heterocycles. The average molecular weight is 418 g/mol. The fraction of sp³-hybridized carbons (Fsp3) is 0.100. The van der Waals surface area contributed by atoms with E-state index in [2.05, 4.69) is 10.5 Å². The normalized spacial score (nSPS) is 11.1. The number of aryl methyl sites for hydroxylation is 2. The number of carbonyl (C=O) groups is 1. The quantitative estimate of drug-likeness (QED) is 0.329. The fourth-order valence-electron chi connectivity index (χ4n) is 2.83. The van der Waals surface area contributed by atoms with E-state index < -0.39 is 5.91 Å². The fourth-order valence-corrected chi connectivity index (χ4v) is 3.25. The van der Waals surface area contributed by atoms with Gasteiger partial charge in [0.15, 0.2) is 11.5 Å². The zero-order valence-corrected chi connectivity index (χ0v) is 16.6. The molecular weight excluding hydrogens is 401 g/mol. The molecule has 0 unspecified atom stereocenters. The van der Waals surface area contributed by atoms with Gasteiger partial charge in [-0.05, 0) is 50.2 Å². The molecule has 3 N–H and O–H groups in total. The number of nitrogens with zero attached hydrogens (tertiary/aromatic N) is 2. The maximum atomic E-state index is 12.5. The van der Waals surface area contributed by atoms with Gasteiger partial charge in [0.2, 0.25) is 0 Å². The third kappa shape index (κ3) is 3.98. The molecule has 0 aliphatic rings. The number of rotatable bonds is 4. The van der Waals surface area contributed by atoms with Crippen LogP contribution in [0.1, 0.15) is 27.3 Å². The number of nitrogens with one attached hydrogen (secondary N) is 1. The summed E-state index contributed by atoms with van der Waals surface area (Å²) in [6.45, 7) is 3.94. The Hall–Kier alpha value is -2.96. The van der Waals surface area contributed by atoms with Crippen molar-refractivity contribution in [1.82, 2.24) is 9.99 Å². The smallest absolute Gasteiger partial charge is 0.272 e. The maximum absolute atomic E-state index is 12.5. The maximum Gasteiger partial charge on any atom is 0.272 e. The van der Waals surface area contributed by atoms with Crippen LogP contribution in [0.15, 0.2) is 47.6 Å². The highest BCUT2D eigenvalue weighted by Crippen LogP contribution is 2.31. The standard InChI is InChI=1S/C20H17Cl2N3O3/c1-11-3-4-12(2)25(11)15-5-6-17(22)16(9-15)20(28)24-23-10-13-7-14(21)8-18(26)19(13)27/h3-10,26-27H,1-2H3,(H,24,28)/b23-10-. The molecule has 0 radical (unpaired) electrons. The van der Waals surface area contributed by atoms with E-state index in [1.54, 1.807) is 12.1 Å². The van der Waals surface area contributed by atoms with E-state index in [0.29, 0.717) is 0 Å². The number of phenols is 2. The Bertz CT molecular complexity index is 1070. The minimum atomic E-state index is -0.517. The second kappa shape index (κ2) is 7.96. The van der Waals surface area contributed by atoms with E-state index >= 15 is 0 Å². The second-order valence-corrected chi connectivity index (χ2v) is 7.02. The summed E-state index contributed by atoms with van der Waals surface area (Å²) in [5, 5.41) is 23.7. The molecule has 6 nitrogen and oxygen atoms in total. The lowest BCUT2D eigenvalue weighted by Crippen LogP contribution is -2.18. The Kier molecular flexibility index (Phi) is 5.63. The summed E-state index contributed by atoms with van der Waals surface area (Å²) < 4.78 is 2.00. The van der Waals surface area contributed by atoms with Crippen molar-refractivity contribution in [2.75, 3.05) is 0 Å². The van der Waals surface area contributed by atoms with E-state index in [9.17, 15) is 15.0 Å². The molecule has 2 aromatic carbocycles. The molecule has 28 heavy (non-hydrogen) atoms. The number of phenolic OH excluding ortho intramolecular Hbond substituents is 2. The molecule has 1 aromatic heterocycles. The third-order valence-electron chi connectivity index (χ3n) is 4.18. The van der Waals surface area contributed by atoms with Crippen molar-refractivity contribution in [1.29, 1.82) is 0 Å². The molecule has 1 heterocycles. The highest BCUT2D eigenvalue weighted by atomic mass is 35.5. The Morgan fingerprint density at radius 1 is 1.07 bits per heavy atom. The summed E-state index contributed by atoms with van der Waals surface area (Å²) >= 11 is 12.0. The lowest BCUT2D eigenvalue weighted by Gasteiger charge is -2.12. The first-order valence-electron chi connectivity index (χ1n) is 8.27. The van der Waals surface area contributed by atoms with Gasteiger partial charge in [-0.2, -0.15) is 5.10 Å². The predicted octanol–water partition coefficient (Wildman–Crippen LogP) is 4.58. The monoisotopic (exact) mass is 417 g/mol. The number of hydrogen-bond acceptors (Lipinski definition) is 4. The summed E-state index contributed by atoms with van der Waals surface area (Å²) in [4.78, 5) is 12.5. The molecule has 0 fully saturated rings. The van der Waals surface area contributed by atoms with E-state index in [-0.39, 0.29) is 32.7 Å². The Labute approximate surface area is 171 Å². The number of halogens is 2. The van der Waals surface area contributed by atoms with E-state index in [4.69, 9.17) is 23.2 Å². The minimum Gasteiger partial charge on any atom is -0.504 e. The van der Waals surface area contributed by atoms with Gasteiger partial charge >= 0.3 is 0 Å². The van der Waals surface area contributed by atoms with Crippen molar-refractivity contribution in [2.24, 2.45) is 5.10 Å². The van der Waals surface area contributed by atoms with Crippen LogP contribution in [0.3, 0.4) is 0 Å². The molecule has 3 rings (SSSR count). The molecule has 0 bridgehead atoms. The van der Waals surface area contributed by atoms with Crippen LogP contribution in [0, 0.1) is 13.8 Å². The van der Waals surface area contributed by atoms with Gasteiger partial charge in [-0.15, -0.1) is 0 Å². The lowest BCUT2D eigenvalue weighted by atomic mass is 10.2. The van der Waals surface area contributed by atoms with Crippen LogP contribution in [0.2, 0.25) is 10.0 Å². The van der Waals surface area contributed by atoms with Gasteiger partial charge in [0.05, 0.1) is 16.8 Å². The number of benzene rings is 2. The Balaban J connectivity index is 1.84. The molecule has 0 atom stereocenters. The highest BCUT2D eigenvalue weighted by molar-refractivity contribution is 6.34. The van der Waals surface area contributed by atoms with Crippen molar-refractivity contribution in [2.45, 2.75) is 13.8 Å². The molecule has 144 valence electrons. The van der Waals surface area contributed by atoms with E-state index in [1.165, 1.54) is 18.3 Å². The average Bonchev–Trinajstić information content (AvgIpc) is 2.98. The number of aromatic hydroxyl groups is 2. The van der Waals surface area contributed by atoms with Gasteiger partial charge in [-0.1, -0.05) is 23.2 Å². The zero-order chi connectivity index (χ0) is 20.4. The number of carbonyl (C=O) groups excluding carboxylic acids is 1. The molecule has 0 saturated carbocycles. The molecule has 0 aliphatic carbocycles. The summed E-state index contributed by atoms with van der Waals surface area (Å²) in [5.41, 5.74) is 5.62. The van der Waals surface area contributed by atoms with Crippen LogP contribution in [-0.4, -0.2) is 26.9 Å². The number of amides is 1. The van der Waals surface area contributed by atoms with Crippen LogP contribution in [0.25, 0.3) is 5.69 Å². The van der Waals surface area contributed by atoms with Crippen molar-refractivity contribution < 1.29 is 15.0 Å². The van der Waals surface area contributed by atoms with Gasteiger partial charge < -0.3 is 14.8 Å². The van der Waals surface area contributed by atoms with Crippen molar-refractivity contribution >= 4 is 35.3 Å². The topological polar surface area (TPSA) is 86.9 Å². The van der Waals surface area contributed by atoms with Gasteiger partial charge in [0, 0.05) is 33.7 Å². The van der Waals surface area contributed by atoms with E-state index in [1.807, 2.05) is 36.6 Å². The number of hydrazone groups is 1. The Morgan fingerprint density at radius 3 is 2.43 bits per heavy atom. The molecule has 3 aromatic rings. The van der Waals surface area contributed by atoms with Gasteiger partial charge in [0.25, 0.3) is 5.91 Å². The van der Waals surface area contributed by atoms with Crippen LogP contribution < -0.4 is 5.43 Å². The van der Waals surface area contributed by atoms with Crippen molar-refractivity contribution in [3.05, 3.63) is 75.0 Å². The molecule has 8 heteroatoms. The number of hydrogen-bond donors (Lipinski definition) is 3. The SMILES string of the molecule is Cc1ccc(C)n1-c1ccc(Cl)c(C(=O)N/N=C\c2cc(Cl)cc(O)c2O)c1. The molecule has 0 aliphatic heterocycles. The summed E-state index contributed by atoms with van der Waals surface area (Å²) in [7, 11) is 0. The van der Waals surface area contributed by atoms with E-state index in [0.717, 1.165) is 17.1 Å². The summed E-state index contributed by atoms with van der Waals surface area (Å²) in [6, 6.07) is 11.7. The van der Waals surface area contributed by atoms with Crippen LogP contribution in [-0.2, 0) is 0 Å². The minimum absolute atomic E-state index is 0.156. The lowest BCUT2D eigenvalue weighted by molar-refractivity contribution is 0.0955. The molecule has 1 amide bonds. The first-order chi connectivity index (χ1) is 13.3. The van der Waals surface area contributed by atoms with Gasteiger partial charge in [-0.3, -0.25) is 4.79 Å². The first-order valence-corrected chi connectivity index (χ1v) is 9.03. The van der Waals surface area contributed by atoms with Crippen LogP contribution in [0.4, 0.5) is 0 Å². The molecule has 0 spiro atoms. The van der Waals surface area contributed by atoms with Crippen LogP contribution in [0.5, 0.6) is 11.5 Å². The number of aromatic nitrogens is 1. The summed E-state index contributed by atoms with van der Waals surface area (Å²) in [6.07, 6.45) is 1.18. The third-order valence-corrected chi connectivity index (χ3v) is 4.73. The highest BCUT2D eigenvalue weighted by Gasteiger charge is 2.13. The van der Waals surface area contributed by atoms with Crippen LogP contribution >= 0.6 is 23.2 Å². The largest absolute Gasteiger partial charge is 0.504 e. The van der Waals surface area contributed by atoms with Crippen molar-refractivity contribution in [3.63, 3.8) is 0 Å². The molecular formula is C20H17Cl2N3O3. The predicted molar refractivity (Wildman–Crippen MR) is 110 cm³/mol.